The molecule has 1 heterocycles. The molecule has 1 aliphatic rings. The van der Waals surface area contributed by atoms with Crippen molar-refractivity contribution in [2.45, 2.75) is 78.3 Å². The molecule has 1 unspecified atom stereocenters. The molecule has 196 valence electrons. The van der Waals surface area contributed by atoms with Crippen molar-refractivity contribution in [1.82, 2.24) is 15.7 Å². The third-order valence-corrected chi connectivity index (χ3v) is 5.16. The third-order valence-electron chi connectivity index (χ3n) is 5.16. The van der Waals surface area contributed by atoms with E-state index in [1.807, 2.05) is 19.9 Å². The van der Waals surface area contributed by atoms with Crippen LogP contribution < -0.4 is 10.8 Å². The van der Waals surface area contributed by atoms with Crippen LogP contribution in [0.25, 0.3) is 0 Å². The average molecular weight is 500 g/mol. The largest absolute Gasteiger partial charge is 0.444 e. The molecule has 2 N–H and O–H groups in total. The molecule has 1 aromatic rings. The van der Waals surface area contributed by atoms with Gasteiger partial charge in [0.05, 0.1) is 12.2 Å². The fraction of sp³-hybridized carbons (Fsp3) is 0.600. The van der Waals surface area contributed by atoms with E-state index >= 15 is 0 Å². The summed E-state index contributed by atoms with van der Waals surface area (Å²) in [6, 6.07) is 4.63. The Hall–Kier alpha value is -2.75. The van der Waals surface area contributed by atoms with E-state index < -0.39 is 23.4 Å². The number of nitrogens with one attached hydrogen (secondary N) is 2. The van der Waals surface area contributed by atoms with E-state index in [0.29, 0.717) is 31.5 Å². The number of halogens is 3. The lowest BCUT2D eigenvalue weighted by Gasteiger charge is -2.29. The van der Waals surface area contributed by atoms with Crippen LogP contribution in [-0.4, -0.2) is 41.6 Å². The zero-order valence-corrected chi connectivity index (χ0v) is 21.0. The molecule has 0 fully saturated rings. The van der Waals surface area contributed by atoms with E-state index in [1.54, 1.807) is 31.7 Å². The van der Waals surface area contributed by atoms with Gasteiger partial charge >= 0.3 is 12.3 Å². The van der Waals surface area contributed by atoms with Crippen LogP contribution in [-0.2, 0) is 27.2 Å². The first-order valence-corrected chi connectivity index (χ1v) is 11.7. The molecule has 0 saturated carbocycles. The number of hydrogen-bond acceptors (Lipinski definition) is 5. The zero-order valence-electron chi connectivity index (χ0n) is 21.0. The van der Waals surface area contributed by atoms with E-state index in [2.05, 4.69) is 10.8 Å². The topological polar surface area (TPSA) is 79.9 Å². The van der Waals surface area contributed by atoms with Crippen molar-refractivity contribution in [3.05, 3.63) is 47.2 Å². The Morgan fingerprint density at radius 1 is 1.17 bits per heavy atom. The van der Waals surface area contributed by atoms with E-state index in [1.165, 1.54) is 6.07 Å². The summed E-state index contributed by atoms with van der Waals surface area (Å²) in [7, 11) is 0. The van der Waals surface area contributed by atoms with Crippen molar-refractivity contribution in [3.8, 4) is 0 Å². The molecule has 2 amide bonds. The predicted octanol–water partition coefficient (Wildman–Crippen LogP) is 5.17. The van der Waals surface area contributed by atoms with E-state index in [0.717, 1.165) is 17.8 Å². The number of carbonyl (C=O) groups excluding carboxylic acids is 2. The van der Waals surface area contributed by atoms with Crippen LogP contribution in [0.3, 0.4) is 0 Å². The minimum absolute atomic E-state index is 0.0306. The molecule has 0 radical (unpaired) electrons. The molecule has 35 heavy (non-hydrogen) atoms. The Morgan fingerprint density at radius 3 is 2.46 bits per heavy atom. The highest BCUT2D eigenvalue weighted by molar-refractivity contribution is 5.78. The Balaban J connectivity index is 1.83. The molecule has 0 saturated heterocycles. The van der Waals surface area contributed by atoms with Gasteiger partial charge in [-0.2, -0.15) is 13.2 Å². The van der Waals surface area contributed by atoms with Gasteiger partial charge in [-0.1, -0.05) is 26.0 Å². The van der Waals surface area contributed by atoms with Crippen LogP contribution in [0.4, 0.5) is 18.0 Å². The fourth-order valence-electron chi connectivity index (χ4n) is 3.61. The van der Waals surface area contributed by atoms with E-state index in [9.17, 15) is 22.8 Å². The monoisotopic (exact) mass is 499 g/mol. The first kappa shape index (κ1) is 28.5. The summed E-state index contributed by atoms with van der Waals surface area (Å²) in [5.74, 6) is 0.209. The SMILES string of the molecule is CC(C)CC(CC(=O)N1CC=C(NOCc2cccc(C(F)(F)F)c2)CC1)NC(=O)OC(C)(C)C. The van der Waals surface area contributed by atoms with Crippen molar-refractivity contribution in [2.24, 2.45) is 5.92 Å². The van der Waals surface area contributed by atoms with E-state index in [4.69, 9.17) is 9.57 Å². The van der Waals surface area contributed by atoms with Crippen molar-refractivity contribution in [1.29, 1.82) is 0 Å². The number of alkyl carbamates (subject to hydrolysis) is 1. The van der Waals surface area contributed by atoms with Crippen molar-refractivity contribution < 1.29 is 32.3 Å². The minimum Gasteiger partial charge on any atom is -0.444 e. The number of hydrogen-bond donors (Lipinski definition) is 2. The number of benzene rings is 1. The van der Waals surface area contributed by atoms with Gasteiger partial charge in [-0.25, -0.2) is 4.79 Å². The smallest absolute Gasteiger partial charge is 0.416 e. The standard InChI is InChI=1S/C25H36F3N3O4/c1-17(2)13-21(29-23(33)35-24(3,4)5)15-22(32)31-11-9-20(10-12-31)30-34-16-18-7-6-8-19(14-18)25(26,27)28/h6-9,14,17,21,30H,10-13,15-16H2,1-5H3,(H,29,33). The minimum atomic E-state index is -4.40. The summed E-state index contributed by atoms with van der Waals surface area (Å²) in [6.45, 7) is 10.2. The summed E-state index contributed by atoms with van der Waals surface area (Å²) in [6.07, 6.45) is -1.80. The fourth-order valence-corrected chi connectivity index (χ4v) is 3.61. The highest BCUT2D eigenvalue weighted by Crippen LogP contribution is 2.29. The summed E-state index contributed by atoms with van der Waals surface area (Å²) in [5.41, 5.74) is 2.58. The maximum absolute atomic E-state index is 12.8. The van der Waals surface area contributed by atoms with Crippen LogP contribution in [0.5, 0.6) is 0 Å². The van der Waals surface area contributed by atoms with Crippen molar-refractivity contribution in [3.63, 3.8) is 0 Å². The van der Waals surface area contributed by atoms with Crippen molar-refractivity contribution in [2.75, 3.05) is 13.1 Å². The summed E-state index contributed by atoms with van der Waals surface area (Å²) in [4.78, 5) is 32.1. The Morgan fingerprint density at radius 2 is 1.89 bits per heavy atom. The summed E-state index contributed by atoms with van der Waals surface area (Å²) < 4.78 is 43.8. The molecule has 0 aliphatic carbocycles. The van der Waals surface area contributed by atoms with Gasteiger partial charge in [-0.15, -0.1) is 0 Å². The number of alkyl halides is 3. The Labute approximate surface area is 205 Å². The number of ether oxygens (including phenoxy) is 1. The molecule has 1 aromatic carbocycles. The van der Waals surface area contributed by atoms with Crippen LogP contribution in [0.2, 0.25) is 0 Å². The summed E-state index contributed by atoms with van der Waals surface area (Å²) >= 11 is 0. The number of rotatable bonds is 9. The zero-order chi connectivity index (χ0) is 26.2. The number of amides is 2. The second-order valence-corrected chi connectivity index (χ2v) is 10.1. The van der Waals surface area contributed by atoms with Gasteiger partial charge in [-0.3, -0.25) is 15.1 Å². The van der Waals surface area contributed by atoms with Gasteiger partial charge in [0.1, 0.15) is 5.60 Å². The second-order valence-electron chi connectivity index (χ2n) is 10.1. The average Bonchev–Trinajstić information content (AvgIpc) is 2.72. The Kier molecular flexibility index (Phi) is 10.00. The molecule has 7 nitrogen and oxygen atoms in total. The van der Waals surface area contributed by atoms with Crippen LogP contribution in [0, 0.1) is 5.92 Å². The van der Waals surface area contributed by atoms with Crippen molar-refractivity contribution >= 4 is 12.0 Å². The second kappa shape index (κ2) is 12.3. The van der Waals surface area contributed by atoms with Crippen LogP contribution >= 0.6 is 0 Å². The lowest BCUT2D eigenvalue weighted by Crippen LogP contribution is -2.44. The molecule has 0 bridgehead atoms. The molecular weight excluding hydrogens is 463 g/mol. The normalized spacial score (nSPS) is 15.5. The maximum atomic E-state index is 12.8. The lowest BCUT2D eigenvalue weighted by atomic mass is 10.0. The van der Waals surface area contributed by atoms with Crippen LogP contribution in [0.15, 0.2) is 36.0 Å². The van der Waals surface area contributed by atoms with Gasteiger partial charge in [0.2, 0.25) is 5.91 Å². The Bertz CT molecular complexity index is 895. The maximum Gasteiger partial charge on any atom is 0.416 e. The summed E-state index contributed by atoms with van der Waals surface area (Å²) in [5, 5.41) is 2.81. The molecule has 0 spiro atoms. The number of hydroxylamine groups is 1. The molecule has 1 atom stereocenters. The highest BCUT2D eigenvalue weighted by Gasteiger charge is 2.30. The molecule has 10 heteroatoms. The molecule has 2 rings (SSSR count). The van der Waals surface area contributed by atoms with Gasteiger partial charge < -0.3 is 15.0 Å². The molecule has 1 aliphatic heterocycles. The number of nitrogens with zero attached hydrogens (tertiary/aromatic N) is 1. The predicted molar refractivity (Wildman–Crippen MR) is 126 cm³/mol. The quantitative estimate of drug-likeness (QED) is 0.458. The number of carbonyl (C=O) groups is 2. The van der Waals surface area contributed by atoms with Crippen LogP contribution in [0.1, 0.15) is 65.0 Å². The first-order valence-electron chi connectivity index (χ1n) is 11.7. The van der Waals surface area contributed by atoms with Gasteiger partial charge in [0.25, 0.3) is 0 Å². The first-order chi connectivity index (χ1) is 16.2. The van der Waals surface area contributed by atoms with Gasteiger partial charge in [0.15, 0.2) is 0 Å². The molecular formula is C25H36F3N3O4. The van der Waals surface area contributed by atoms with E-state index in [-0.39, 0.29) is 30.9 Å². The highest BCUT2D eigenvalue weighted by atomic mass is 19.4. The third kappa shape index (κ3) is 10.6. The lowest BCUT2D eigenvalue weighted by molar-refractivity contribution is -0.137. The van der Waals surface area contributed by atoms with Gasteiger partial charge in [-0.05, 0) is 56.9 Å². The van der Waals surface area contributed by atoms with Gasteiger partial charge in [0, 0.05) is 37.7 Å². The molecule has 0 aromatic heterocycles.